The molecular formula is C14H11ClF2N2O2. The number of carbonyl (C=O) groups excluding carboxylic acids is 1. The van der Waals surface area contributed by atoms with E-state index in [9.17, 15) is 13.6 Å². The van der Waals surface area contributed by atoms with Crippen LogP contribution in [0.25, 0.3) is 0 Å². The number of carbonyl (C=O) groups is 1. The predicted octanol–water partition coefficient (Wildman–Crippen LogP) is 3.46. The lowest BCUT2D eigenvalue weighted by atomic mass is 10.1. The molecule has 0 atom stereocenters. The first-order valence-corrected chi connectivity index (χ1v) is 6.19. The number of nitrogen functional groups attached to an aromatic ring is 1. The van der Waals surface area contributed by atoms with Gasteiger partial charge in [-0.2, -0.15) is 0 Å². The molecule has 21 heavy (non-hydrogen) atoms. The smallest absolute Gasteiger partial charge is 0.258 e. The van der Waals surface area contributed by atoms with Crippen LogP contribution in [-0.2, 0) is 0 Å². The monoisotopic (exact) mass is 312 g/mol. The first-order valence-electron chi connectivity index (χ1n) is 5.81. The van der Waals surface area contributed by atoms with E-state index in [1.54, 1.807) is 6.07 Å². The normalized spacial score (nSPS) is 10.3. The molecule has 0 heterocycles. The van der Waals surface area contributed by atoms with Gasteiger partial charge in [0.15, 0.2) is 0 Å². The number of amides is 1. The van der Waals surface area contributed by atoms with Crippen LogP contribution in [0.15, 0.2) is 30.3 Å². The van der Waals surface area contributed by atoms with Gasteiger partial charge in [-0.05, 0) is 24.3 Å². The van der Waals surface area contributed by atoms with E-state index in [2.05, 4.69) is 5.32 Å². The molecule has 2 aromatic rings. The molecule has 110 valence electrons. The van der Waals surface area contributed by atoms with Crippen LogP contribution in [0.3, 0.4) is 0 Å². The van der Waals surface area contributed by atoms with Gasteiger partial charge in [0.25, 0.3) is 5.91 Å². The summed E-state index contributed by atoms with van der Waals surface area (Å²) in [5, 5.41) is 2.73. The van der Waals surface area contributed by atoms with Gasteiger partial charge in [-0.15, -0.1) is 0 Å². The first kappa shape index (κ1) is 15.1. The Morgan fingerprint density at radius 2 is 1.95 bits per heavy atom. The van der Waals surface area contributed by atoms with Gasteiger partial charge in [0.2, 0.25) is 0 Å². The van der Waals surface area contributed by atoms with E-state index < -0.39 is 17.5 Å². The minimum Gasteiger partial charge on any atom is -0.495 e. The van der Waals surface area contributed by atoms with Crippen molar-refractivity contribution < 1.29 is 18.3 Å². The molecule has 0 unspecified atom stereocenters. The van der Waals surface area contributed by atoms with Crippen molar-refractivity contribution in [2.24, 2.45) is 0 Å². The van der Waals surface area contributed by atoms with Gasteiger partial charge in [0.05, 0.1) is 23.4 Å². The molecule has 0 aromatic heterocycles. The second-order valence-corrected chi connectivity index (χ2v) is 4.56. The Morgan fingerprint density at radius 1 is 1.24 bits per heavy atom. The van der Waals surface area contributed by atoms with Crippen LogP contribution < -0.4 is 15.8 Å². The van der Waals surface area contributed by atoms with Crippen molar-refractivity contribution in [1.29, 1.82) is 0 Å². The number of ether oxygens (including phenoxy) is 1. The lowest BCUT2D eigenvalue weighted by Gasteiger charge is -2.09. The highest BCUT2D eigenvalue weighted by Gasteiger charge is 2.15. The SMILES string of the molecule is COc1ccc(NC(=O)c2cc(N)c(F)cc2F)cc1Cl. The third kappa shape index (κ3) is 3.22. The van der Waals surface area contributed by atoms with Crippen LogP contribution in [0.1, 0.15) is 10.4 Å². The summed E-state index contributed by atoms with van der Waals surface area (Å²) in [6.45, 7) is 0. The Morgan fingerprint density at radius 3 is 2.57 bits per heavy atom. The van der Waals surface area contributed by atoms with Crippen molar-refractivity contribution in [1.82, 2.24) is 0 Å². The molecular weight excluding hydrogens is 302 g/mol. The number of nitrogens with one attached hydrogen (secondary N) is 1. The van der Waals surface area contributed by atoms with E-state index in [0.717, 1.165) is 6.07 Å². The van der Waals surface area contributed by atoms with E-state index in [1.807, 2.05) is 0 Å². The van der Waals surface area contributed by atoms with Crippen molar-refractivity contribution in [2.45, 2.75) is 0 Å². The lowest BCUT2D eigenvalue weighted by molar-refractivity contribution is 0.102. The molecule has 0 aliphatic rings. The zero-order valence-electron chi connectivity index (χ0n) is 10.9. The Kier molecular flexibility index (Phi) is 4.28. The summed E-state index contributed by atoms with van der Waals surface area (Å²) in [4.78, 5) is 12.0. The van der Waals surface area contributed by atoms with Gasteiger partial charge >= 0.3 is 0 Å². The standard InChI is InChI=1S/C14H11ClF2N2O2/c1-21-13-3-2-7(4-9(13)15)19-14(20)8-5-12(18)11(17)6-10(8)16/h2-6H,18H2,1H3,(H,19,20). The van der Waals surface area contributed by atoms with Gasteiger partial charge in [-0.25, -0.2) is 8.78 Å². The molecule has 0 radical (unpaired) electrons. The molecule has 0 aliphatic heterocycles. The molecule has 0 saturated carbocycles. The fraction of sp³-hybridized carbons (Fsp3) is 0.0714. The van der Waals surface area contributed by atoms with E-state index in [1.165, 1.54) is 19.2 Å². The number of hydrogen-bond acceptors (Lipinski definition) is 3. The maximum Gasteiger partial charge on any atom is 0.258 e. The largest absolute Gasteiger partial charge is 0.495 e. The predicted molar refractivity (Wildman–Crippen MR) is 76.7 cm³/mol. The van der Waals surface area contributed by atoms with Crippen LogP contribution in [0, 0.1) is 11.6 Å². The van der Waals surface area contributed by atoms with E-state index in [-0.39, 0.29) is 16.3 Å². The number of hydrogen-bond donors (Lipinski definition) is 2. The fourth-order valence-electron chi connectivity index (χ4n) is 1.68. The lowest BCUT2D eigenvalue weighted by Crippen LogP contribution is -2.14. The second-order valence-electron chi connectivity index (χ2n) is 4.16. The summed E-state index contributed by atoms with van der Waals surface area (Å²) < 4.78 is 31.6. The van der Waals surface area contributed by atoms with E-state index in [4.69, 9.17) is 22.1 Å². The molecule has 0 aliphatic carbocycles. The highest BCUT2D eigenvalue weighted by Crippen LogP contribution is 2.27. The molecule has 0 fully saturated rings. The summed E-state index contributed by atoms with van der Waals surface area (Å²) in [6, 6.07) is 6.03. The van der Waals surface area contributed by atoms with Gasteiger partial charge in [0, 0.05) is 11.8 Å². The highest BCUT2D eigenvalue weighted by molar-refractivity contribution is 6.32. The number of benzene rings is 2. The summed E-state index contributed by atoms with van der Waals surface area (Å²) in [5.41, 5.74) is 4.99. The topological polar surface area (TPSA) is 64.3 Å². The van der Waals surface area contributed by atoms with E-state index >= 15 is 0 Å². The second kappa shape index (κ2) is 5.97. The molecule has 3 N–H and O–H groups in total. The van der Waals surface area contributed by atoms with Crippen molar-refractivity contribution in [3.8, 4) is 5.75 Å². The summed E-state index contributed by atoms with van der Waals surface area (Å²) >= 11 is 5.92. The minimum atomic E-state index is -1.00. The van der Waals surface area contributed by atoms with Crippen molar-refractivity contribution in [3.05, 3.63) is 52.6 Å². The fourth-order valence-corrected chi connectivity index (χ4v) is 1.94. The van der Waals surface area contributed by atoms with Gasteiger partial charge in [-0.1, -0.05) is 11.6 Å². The molecule has 0 spiro atoms. The van der Waals surface area contributed by atoms with Gasteiger partial charge in [-0.3, -0.25) is 4.79 Å². The molecule has 1 amide bonds. The summed E-state index contributed by atoms with van der Waals surface area (Å²) in [6.07, 6.45) is 0. The average Bonchev–Trinajstić information content (AvgIpc) is 2.43. The van der Waals surface area contributed by atoms with Crippen molar-refractivity contribution in [2.75, 3.05) is 18.2 Å². The maximum atomic E-state index is 13.6. The molecule has 0 bridgehead atoms. The third-order valence-electron chi connectivity index (χ3n) is 2.74. The molecule has 2 aromatic carbocycles. The zero-order valence-corrected chi connectivity index (χ0v) is 11.7. The molecule has 2 rings (SSSR count). The third-order valence-corrected chi connectivity index (χ3v) is 3.04. The Hall–Kier alpha value is -2.34. The van der Waals surface area contributed by atoms with Crippen molar-refractivity contribution >= 4 is 28.9 Å². The Bertz CT molecular complexity index is 708. The number of anilines is 2. The zero-order chi connectivity index (χ0) is 15.6. The van der Waals surface area contributed by atoms with Crippen LogP contribution >= 0.6 is 11.6 Å². The first-order chi connectivity index (χ1) is 9.92. The number of nitrogens with two attached hydrogens (primary N) is 1. The molecule has 7 heteroatoms. The van der Waals surface area contributed by atoms with Gasteiger partial charge in [0.1, 0.15) is 17.4 Å². The summed E-state index contributed by atoms with van der Waals surface area (Å²) in [5.74, 6) is -2.25. The molecule has 0 saturated heterocycles. The molecule has 4 nitrogen and oxygen atoms in total. The number of rotatable bonds is 3. The maximum absolute atomic E-state index is 13.6. The van der Waals surface area contributed by atoms with Crippen LogP contribution in [0.5, 0.6) is 5.75 Å². The minimum absolute atomic E-state index is 0.286. The quantitative estimate of drug-likeness (QED) is 0.853. The van der Waals surface area contributed by atoms with E-state index in [0.29, 0.717) is 17.5 Å². The Balaban J connectivity index is 2.26. The summed E-state index contributed by atoms with van der Waals surface area (Å²) in [7, 11) is 1.45. The van der Waals surface area contributed by atoms with Crippen molar-refractivity contribution in [3.63, 3.8) is 0 Å². The van der Waals surface area contributed by atoms with Gasteiger partial charge < -0.3 is 15.8 Å². The number of methoxy groups -OCH3 is 1. The van der Waals surface area contributed by atoms with Crippen LogP contribution in [-0.4, -0.2) is 13.0 Å². The van der Waals surface area contributed by atoms with Crippen LogP contribution in [0.2, 0.25) is 5.02 Å². The Labute approximate surface area is 124 Å². The average molecular weight is 313 g/mol. The highest BCUT2D eigenvalue weighted by atomic mass is 35.5. The number of halogens is 3. The van der Waals surface area contributed by atoms with Crippen LogP contribution in [0.4, 0.5) is 20.2 Å².